The van der Waals surface area contributed by atoms with Crippen LogP contribution in [0.1, 0.15) is 17.5 Å². The molecule has 2 aliphatic heterocycles. The molecule has 2 saturated heterocycles. The van der Waals surface area contributed by atoms with Gasteiger partial charge in [0, 0.05) is 51.2 Å². The van der Waals surface area contributed by atoms with Gasteiger partial charge in [-0.3, -0.25) is 14.8 Å². The van der Waals surface area contributed by atoms with E-state index in [4.69, 9.17) is 0 Å². The molecule has 21 heavy (non-hydrogen) atoms. The summed E-state index contributed by atoms with van der Waals surface area (Å²) in [4.78, 5) is 9.02. The summed E-state index contributed by atoms with van der Waals surface area (Å²) in [5.41, 5.74) is 2.45. The van der Waals surface area contributed by atoms with Crippen LogP contribution in [0.2, 0.25) is 0 Å². The van der Waals surface area contributed by atoms with Crippen LogP contribution < -0.4 is 0 Å². The van der Waals surface area contributed by atoms with E-state index in [-0.39, 0.29) is 6.04 Å². The SMILES string of the molecule is Cc1cncc(CN2CCN(C3CCS(=O)(=O)C3)CC2)c1. The zero-order valence-electron chi connectivity index (χ0n) is 12.5. The first kappa shape index (κ1) is 14.9. The number of piperazine rings is 1. The lowest BCUT2D eigenvalue weighted by Gasteiger charge is -2.37. The Morgan fingerprint density at radius 3 is 2.62 bits per heavy atom. The molecule has 3 heterocycles. The molecule has 6 heteroatoms. The van der Waals surface area contributed by atoms with Crippen molar-refractivity contribution in [1.29, 1.82) is 0 Å². The third kappa shape index (κ3) is 3.81. The molecular formula is C15H23N3O2S. The fourth-order valence-corrected chi connectivity index (χ4v) is 5.07. The van der Waals surface area contributed by atoms with Gasteiger partial charge in [-0.1, -0.05) is 6.07 Å². The van der Waals surface area contributed by atoms with E-state index in [1.807, 2.05) is 12.4 Å². The maximum absolute atomic E-state index is 11.6. The molecule has 5 nitrogen and oxygen atoms in total. The van der Waals surface area contributed by atoms with Crippen molar-refractivity contribution in [3.63, 3.8) is 0 Å². The predicted molar refractivity (Wildman–Crippen MR) is 82.9 cm³/mol. The fourth-order valence-electron chi connectivity index (χ4n) is 3.31. The van der Waals surface area contributed by atoms with Crippen molar-refractivity contribution in [3.05, 3.63) is 29.6 Å². The summed E-state index contributed by atoms with van der Waals surface area (Å²) in [5.74, 6) is 0.724. The van der Waals surface area contributed by atoms with Crippen LogP contribution in [0.25, 0.3) is 0 Å². The summed E-state index contributed by atoms with van der Waals surface area (Å²) < 4.78 is 23.2. The molecule has 1 aromatic heterocycles. The Morgan fingerprint density at radius 2 is 2.00 bits per heavy atom. The number of hydrogen-bond donors (Lipinski definition) is 0. The lowest BCUT2D eigenvalue weighted by Crippen LogP contribution is -2.50. The molecule has 0 aliphatic carbocycles. The summed E-state index contributed by atoms with van der Waals surface area (Å²) in [6, 6.07) is 2.43. The Labute approximate surface area is 126 Å². The van der Waals surface area contributed by atoms with E-state index in [1.54, 1.807) is 0 Å². The minimum atomic E-state index is -2.78. The van der Waals surface area contributed by atoms with E-state index in [0.29, 0.717) is 11.5 Å². The molecular weight excluding hydrogens is 286 g/mol. The lowest BCUT2D eigenvalue weighted by molar-refractivity contribution is 0.1000. The van der Waals surface area contributed by atoms with Crippen molar-refractivity contribution in [2.75, 3.05) is 37.7 Å². The van der Waals surface area contributed by atoms with Gasteiger partial charge in [0.1, 0.15) is 0 Å². The van der Waals surface area contributed by atoms with Crippen LogP contribution in [0, 0.1) is 6.92 Å². The largest absolute Gasteiger partial charge is 0.297 e. The zero-order valence-corrected chi connectivity index (χ0v) is 13.3. The van der Waals surface area contributed by atoms with E-state index in [1.165, 1.54) is 11.1 Å². The number of aryl methyl sites for hydroxylation is 1. The third-order valence-electron chi connectivity index (χ3n) is 4.47. The highest BCUT2D eigenvalue weighted by atomic mass is 32.2. The van der Waals surface area contributed by atoms with Crippen molar-refractivity contribution in [1.82, 2.24) is 14.8 Å². The molecule has 1 atom stereocenters. The van der Waals surface area contributed by atoms with Gasteiger partial charge in [-0.2, -0.15) is 0 Å². The number of nitrogens with zero attached hydrogens (tertiary/aromatic N) is 3. The van der Waals surface area contributed by atoms with Gasteiger partial charge in [-0.25, -0.2) is 8.42 Å². The molecule has 2 fully saturated rings. The van der Waals surface area contributed by atoms with Crippen LogP contribution in [-0.2, 0) is 16.4 Å². The van der Waals surface area contributed by atoms with E-state index in [0.717, 1.165) is 39.1 Å². The highest BCUT2D eigenvalue weighted by Crippen LogP contribution is 2.19. The van der Waals surface area contributed by atoms with Crippen LogP contribution in [0.5, 0.6) is 0 Å². The van der Waals surface area contributed by atoms with Gasteiger partial charge >= 0.3 is 0 Å². The second kappa shape index (κ2) is 6.02. The summed E-state index contributed by atoms with van der Waals surface area (Å²) in [6.45, 7) is 6.95. The van der Waals surface area contributed by atoms with E-state index < -0.39 is 9.84 Å². The Hall–Kier alpha value is -0.980. The van der Waals surface area contributed by atoms with Gasteiger partial charge in [0.25, 0.3) is 0 Å². The van der Waals surface area contributed by atoms with Crippen LogP contribution in [-0.4, -0.2) is 66.9 Å². The van der Waals surface area contributed by atoms with Crippen molar-refractivity contribution < 1.29 is 8.42 Å². The molecule has 2 aliphatic rings. The average molecular weight is 309 g/mol. The van der Waals surface area contributed by atoms with Crippen LogP contribution in [0.4, 0.5) is 0 Å². The lowest BCUT2D eigenvalue weighted by atomic mass is 10.1. The molecule has 1 aromatic rings. The average Bonchev–Trinajstić information content (AvgIpc) is 2.80. The van der Waals surface area contributed by atoms with Gasteiger partial charge in [-0.15, -0.1) is 0 Å². The quantitative estimate of drug-likeness (QED) is 0.822. The first-order chi connectivity index (χ1) is 10.0. The Bertz CT molecular complexity index is 595. The number of sulfone groups is 1. The summed E-state index contributed by atoms with van der Waals surface area (Å²) in [5, 5.41) is 0. The van der Waals surface area contributed by atoms with E-state index in [2.05, 4.69) is 27.8 Å². The summed E-state index contributed by atoms with van der Waals surface area (Å²) >= 11 is 0. The predicted octanol–water partition coefficient (Wildman–Crippen LogP) is 0.695. The van der Waals surface area contributed by atoms with Gasteiger partial charge in [0.05, 0.1) is 11.5 Å². The molecule has 3 rings (SSSR count). The highest BCUT2D eigenvalue weighted by Gasteiger charge is 2.33. The van der Waals surface area contributed by atoms with E-state index >= 15 is 0 Å². The van der Waals surface area contributed by atoms with Crippen LogP contribution in [0.3, 0.4) is 0 Å². The molecule has 1 unspecified atom stereocenters. The minimum absolute atomic E-state index is 0.248. The number of aromatic nitrogens is 1. The Balaban J connectivity index is 1.51. The normalized spacial score (nSPS) is 27.0. The Kier molecular flexibility index (Phi) is 4.28. The topological polar surface area (TPSA) is 53.5 Å². The molecule has 0 amide bonds. The van der Waals surface area contributed by atoms with Crippen molar-refractivity contribution in [2.45, 2.75) is 25.9 Å². The van der Waals surface area contributed by atoms with Crippen molar-refractivity contribution in [3.8, 4) is 0 Å². The second-order valence-electron chi connectivity index (χ2n) is 6.24. The third-order valence-corrected chi connectivity index (χ3v) is 6.22. The summed E-state index contributed by atoms with van der Waals surface area (Å²) in [6.07, 6.45) is 4.62. The van der Waals surface area contributed by atoms with Gasteiger partial charge in [0.15, 0.2) is 9.84 Å². The molecule has 0 radical (unpaired) electrons. The molecule has 116 valence electrons. The zero-order chi connectivity index (χ0) is 14.9. The number of pyridine rings is 1. The fraction of sp³-hybridized carbons (Fsp3) is 0.667. The Morgan fingerprint density at radius 1 is 1.24 bits per heavy atom. The maximum atomic E-state index is 11.6. The maximum Gasteiger partial charge on any atom is 0.151 e. The second-order valence-corrected chi connectivity index (χ2v) is 8.47. The molecule has 0 bridgehead atoms. The van der Waals surface area contributed by atoms with Gasteiger partial charge < -0.3 is 0 Å². The number of rotatable bonds is 3. The van der Waals surface area contributed by atoms with Gasteiger partial charge in [0.2, 0.25) is 0 Å². The minimum Gasteiger partial charge on any atom is -0.297 e. The van der Waals surface area contributed by atoms with Crippen LogP contribution in [0.15, 0.2) is 18.5 Å². The first-order valence-electron chi connectivity index (χ1n) is 7.59. The molecule has 0 saturated carbocycles. The number of hydrogen-bond acceptors (Lipinski definition) is 5. The van der Waals surface area contributed by atoms with E-state index in [9.17, 15) is 8.42 Å². The van der Waals surface area contributed by atoms with Crippen molar-refractivity contribution >= 4 is 9.84 Å². The van der Waals surface area contributed by atoms with Gasteiger partial charge in [-0.05, 0) is 24.5 Å². The monoisotopic (exact) mass is 309 g/mol. The summed E-state index contributed by atoms with van der Waals surface area (Å²) in [7, 11) is -2.78. The molecule has 0 N–H and O–H groups in total. The standard InChI is InChI=1S/C15H23N3O2S/c1-13-8-14(10-16-9-13)11-17-3-5-18(6-4-17)15-2-7-21(19,20)12-15/h8-10,15H,2-7,11-12H2,1H3. The van der Waals surface area contributed by atoms with Crippen molar-refractivity contribution in [2.24, 2.45) is 0 Å². The highest BCUT2D eigenvalue weighted by molar-refractivity contribution is 7.91. The smallest absolute Gasteiger partial charge is 0.151 e. The van der Waals surface area contributed by atoms with Crippen LogP contribution >= 0.6 is 0 Å². The molecule has 0 aromatic carbocycles. The first-order valence-corrected chi connectivity index (χ1v) is 9.41. The molecule has 0 spiro atoms.